The van der Waals surface area contributed by atoms with Crippen molar-refractivity contribution < 1.29 is 14.3 Å². The van der Waals surface area contributed by atoms with Gasteiger partial charge in [-0.05, 0) is 25.5 Å². The Morgan fingerprint density at radius 2 is 2.05 bits per heavy atom. The molecule has 1 amide bonds. The number of rotatable bonds is 8. The van der Waals surface area contributed by atoms with Crippen molar-refractivity contribution in [3.63, 3.8) is 0 Å². The molecule has 0 N–H and O–H groups in total. The van der Waals surface area contributed by atoms with Gasteiger partial charge in [0.15, 0.2) is 0 Å². The summed E-state index contributed by atoms with van der Waals surface area (Å²) in [6.07, 6.45) is 0.388. The molecule has 1 aromatic heterocycles. The lowest BCUT2D eigenvalue weighted by atomic mass is 10.1. The van der Waals surface area contributed by atoms with Crippen molar-refractivity contribution in [2.75, 3.05) is 40.8 Å². The van der Waals surface area contributed by atoms with Crippen molar-refractivity contribution in [3.05, 3.63) is 22.4 Å². The Hall–Kier alpha value is -1.40. The summed E-state index contributed by atoms with van der Waals surface area (Å²) in [4.78, 5) is 28.8. The SMILES string of the molecule is COC(=O)C(C)CN(CCN(C)C)C(=O)Cc1cccs1. The van der Waals surface area contributed by atoms with Crippen LogP contribution in [0.4, 0.5) is 0 Å². The van der Waals surface area contributed by atoms with Crippen LogP contribution in [0.25, 0.3) is 0 Å². The lowest BCUT2D eigenvalue weighted by Crippen LogP contribution is -2.41. The average Bonchev–Trinajstić information content (AvgIpc) is 2.94. The van der Waals surface area contributed by atoms with Gasteiger partial charge in [-0.2, -0.15) is 0 Å². The summed E-state index contributed by atoms with van der Waals surface area (Å²) in [6.45, 7) is 3.56. The minimum Gasteiger partial charge on any atom is -0.469 e. The number of amides is 1. The highest BCUT2D eigenvalue weighted by Crippen LogP contribution is 2.12. The predicted octanol–water partition coefficient (Wildman–Crippen LogP) is 1.49. The fourth-order valence-electron chi connectivity index (χ4n) is 1.92. The average molecular weight is 312 g/mol. The first-order valence-corrected chi connectivity index (χ1v) is 7.84. The number of hydrogen-bond acceptors (Lipinski definition) is 5. The van der Waals surface area contributed by atoms with Gasteiger partial charge in [-0.3, -0.25) is 9.59 Å². The number of carbonyl (C=O) groups is 2. The number of ether oxygens (including phenoxy) is 1. The molecule has 0 saturated heterocycles. The van der Waals surface area contributed by atoms with Crippen molar-refractivity contribution in [2.45, 2.75) is 13.3 Å². The highest BCUT2D eigenvalue weighted by atomic mass is 32.1. The van der Waals surface area contributed by atoms with Gasteiger partial charge in [0.05, 0.1) is 19.4 Å². The Balaban J connectivity index is 2.66. The van der Waals surface area contributed by atoms with Crippen molar-refractivity contribution in [1.29, 1.82) is 0 Å². The Morgan fingerprint density at radius 3 is 2.57 bits per heavy atom. The van der Waals surface area contributed by atoms with Gasteiger partial charge in [0.25, 0.3) is 0 Å². The van der Waals surface area contributed by atoms with Crippen LogP contribution in [-0.4, -0.2) is 62.5 Å². The highest BCUT2D eigenvalue weighted by Gasteiger charge is 2.21. The number of likely N-dealkylation sites (N-methyl/N-ethyl adjacent to an activating group) is 1. The number of nitrogens with zero attached hydrogens (tertiary/aromatic N) is 2. The van der Waals surface area contributed by atoms with E-state index in [1.54, 1.807) is 23.2 Å². The maximum atomic E-state index is 12.4. The zero-order valence-corrected chi connectivity index (χ0v) is 14.0. The Bertz CT molecular complexity index is 446. The highest BCUT2D eigenvalue weighted by molar-refractivity contribution is 7.10. The summed E-state index contributed by atoms with van der Waals surface area (Å²) < 4.78 is 4.74. The molecular weight excluding hydrogens is 288 g/mol. The van der Waals surface area contributed by atoms with Crippen LogP contribution in [0.3, 0.4) is 0 Å². The second-order valence-corrected chi connectivity index (χ2v) is 6.36. The van der Waals surface area contributed by atoms with E-state index in [9.17, 15) is 9.59 Å². The number of carbonyl (C=O) groups excluding carboxylic acids is 2. The van der Waals surface area contributed by atoms with Crippen molar-refractivity contribution in [2.24, 2.45) is 5.92 Å². The molecule has 1 aromatic rings. The van der Waals surface area contributed by atoms with Crippen LogP contribution < -0.4 is 0 Å². The van der Waals surface area contributed by atoms with E-state index < -0.39 is 0 Å². The molecule has 0 radical (unpaired) electrons. The molecule has 21 heavy (non-hydrogen) atoms. The molecule has 1 heterocycles. The maximum absolute atomic E-state index is 12.4. The molecule has 0 bridgehead atoms. The summed E-state index contributed by atoms with van der Waals surface area (Å²) in [5, 5.41) is 1.96. The topological polar surface area (TPSA) is 49.9 Å². The van der Waals surface area contributed by atoms with E-state index >= 15 is 0 Å². The fourth-order valence-corrected chi connectivity index (χ4v) is 2.61. The minimum atomic E-state index is -0.315. The minimum absolute atomic E-state index is 0.0510. The zero-order valence-electron chi connectivity index (χ0n) is 13.2. The first-order chi connectivity index (χ1) is 9.93. The molecule has 0 spiro atoms. The van der Waals surface area contributed by atoms with Crippen LogP contribution in [0.2, 0.25) is 0 Å². The smallest absolute Gasteiger partial charge is 0.310 e. The summed E-state index contributed by atoms with van der Waals surface area (Å²) in [7, 11) is 5.30. The quantitative estimate of drug-likeness (QED) is 0.683. The summed E-state index contributed by atoms with van der Waals surface area (Å²) in [5.41, 5.74) is 0. The Kier molecular flexibility index (Phi) is 7.39. The van der Waals surface area contributed by atoms with E-state index in [1.807, 2.05) is 36.5 Å². The van der Waals surface area contributed by atoms with E-state index in [0.29, 0.717) is 19.5 Å². The van der Waals surface area contributed by atoms with Gasteiger partial charge in [0.1, 0.15) is 0 Å². The summed E-state index contributed by atoms with van der Waals surface area (Å²) in [5.74, 6) is -0.548. The fraction of sp³-hybridized carbons (Fsp3) is 0.600. The molecule has 1 atom stereocenters. The van der Waals surface area contributed by atoms with E-state index in [2.05, 4.69) is 0 Å². The zero-order chi connectivity index (χ0) is 15.8. The molecule has 1 unspecified atom stereocenters. The molecule has 0 aliphatic carbocycles. The lowest BCUT2D eigenvalue weighted by Gasteiger charge is -2.26. The van der Waals surface area contributed by atoms with Crippen LogP contribution >= 0.6 is 11.3 Å². The number of thiophene rings is 1. The molecule has 5 nitrogen and oxygen atoms in total. The molecule has 0 aliphatic heterocycles. The third kappa shape index (κ3) is 6.27. The molecule has 6 heteroatoms. The van der Waals surface area contributed by atoms with Crippen molar-refractivity contribution in [1.82, 2.24) is 9.80 Å². The first-order valence-electron chi connectivity index (χ1n) is 6.96. The van der Waals surface area contributed by atoms with Gasteiger partial charge in [-0.1, -0.05) is 13.0 Å². The molecule has 0 fully saturated rings. The van der Waals surface area contributed by atoms with E-state index in [-0.39, 0.29) is 17.8 Å². The van der Waals surface area contributed by atoms with Crippen molar-refractivity contribution >= 4 is 23.2 Å². The van der Waals surface area contributed by atoms with Crippen LogP contribution in [-0.2, 0) is 20.7 Å². The molecule has 118 valence electrons. The largest absolute Gasteiger partial charge is 0.469 e. The predicted molar refractivity (Wildman–Crippen MR) is 84.3 cm³/mol. The molecular formula is C15H24N2O3S. The summed E-state index contributed by atoms with van der Waals surface area (Å²) >= 11 is 1.57. The second-order valence-electron chi connectivity index (χ2n) is 5.32. The van der Waals surface area contributed by atoms with Crippen LogP contribution in [0.1, 0.15) is 11.8 Å². The standard InChI is InChI=1S/C15H24N2O3S/c1-12(15(19)20-4)11-17(8-7-16(2)3)14(18)10-13-6-5-9-21-13/h5-6,9,12H,7-8,10-11H2,1-4H3. The van der Waals surface area contributed by atoms with Gasteiger partial charge < -0.3 is 14.5 Å². The number of esters is 1. The lowest BCUT2D eigenvalue weighted by molar-refractivity contribution is -0.146. The summed E-state index contributed by atoms with van der Waals surface area (Å²) in [6, 6.07) is 3.89. The third-order valence-corrected chi connectivity index (χ3v) is 4.05. The molecule has 0 aliphatic rings. The van der Waals surface area contributed by atoms with Crippen LogP contribution in [0.15, 0.2) is 17.5 Å². The second kappa shape index (κ2) is 8.79. The van der Waals surface area contributed by atoms with Crippen LogP contribution in [0.5, 0.6) is 0 Å². The molecule has 0 saturated carbocycles. The normalized spacial score (nSPS) is 12.2. The molecule has 0 aromatic carbocycles. The maximum Gasteiger partial charge on any atom is 0.310 e. The number of hydrogen-bond donors (Lipinski definition) is 0. The van der Waals surface area contributed by atoms with Gasteiger partial charge >= 0.3 is 5.97 Å². The monoisotopic (exact) mass is 312 g/mol. The molecule has 1 rings (SSSR count). The van der Waals surface area contributed by atoms with E-state index in [0.717, 1.165) is 11.4 Å². The third-order valence-electron chi connectivity index (χ3n) is 3.17. The Morgan fingerprint density at radius 1 is 1.33 bits per heavy atom. The van der Waals surface area contributed by atoms with Gasteiger partial charge in [0.2, 0.25) is 5.91 Å². The van der Waals surface area contributed by atoms with E-state index in [1.165, 1.54) is 7.11 Å². The Labute approximate surface area is 130 Å². The van der Waals surface area contributed by atoms with Gasteiger partial charge in [-0.25, -0.2) is 0 Å². The van der Waals surface area contributed by atoms with Gasteiger partial charge in [-0.15, -0.1) is 11.3 Å². The van der Waals surface area contributed by atoms with Gasteiger partial charge in [0, 0.05) is 24.5 Å². The first kappa shape index (κ1) is 17.7. The van der Waals surface area contributed by atoms with Crippen LogP contribution in [0, 0.1) is 5.92 Å². The number of methoxy groups -OCH3 is 1. The van der Waals surface area contributed by atoms with E-state index in [4.69, 9.17) is 4.74 Å². The van der Waals surface area contributed by atoms with Crippen molar-refractivity contribution in [3.8, 4) is 0 Å².